The molecule has 4 nitrogen and oxygen atoms in total. The molecule has 1 aliphatic rings. The van der Waals surface area contributed by atoms with E-state index >= 15 is 0 Å². The normalized spacial score (nSPS) is 21.8. The monoisotopic (exact) mass is 173 g/mol. The molecule has 1 atom stereocenters. The maximum Gasteiger partial charge on any atom is 0.326 e. The Bertz CT molecular complexity index is 166. The van der Waals surface area contributed by atoms with E-state index in [1.54, 1.807) is 0 Å². The van der Waals surface area contributed by atoms with Crippen LogP contribution in [0.4, 0.5) is 0 Å². The number of carbonyl (C=O) groups is 2. The first-order valence-electron chi connectivity index (χ1n) is 4.22. The molecule has 4 heteroatoms. The second-order valence-corrected chi connectivity index (χ2v) is 2.35. The van der Waals surface area contributed by atoms with E-state index in [0.29, 0.717) is 19.3 Å². The van der Waals surface area contributed by atoms with E-state index in [1.807, 2.05) is 13.8 Å². The summed E-state index contributed by atoms with van der Waals surface area (Å²) in [5, 5.41) is 10.8. The van der Waals surface area contributed by atoms with Gasteiger partial charge in [-0.2, -0.15) is 0 Å². The summed E-state index contributed by atoms with van der Waals surface area (Å²) < 4.78 is 0. The van der Waals surface area contributed by atoms with E-state index in [-0.39, 0.29) is 5.91 Å². The van der Waals surface area contributed by atoms with Crippen LogP contribution < -0.4 is 5.32 Å². The molecular weight excluding hydrogens is 158 g/mol. The van der Waals surface area contributed by atoms with Crippen LogP contribution in [0.3, 0.4) is 0 Å². The molecule has 1 amide bonds. The molecule has 12 heavy (non-hydrogen) atoms. The summed E-state index contributed by atoms with van der Waals surface area (Å²) in [5.74, 6) is -1.09. The first-order chi connectivity index (χ1) is 5.70. The Labute approximate surface area is 72.0 Å². The Balaban J connectivity index is 0.000000561. The average molecular weight is 173 g/mol. The molecule has 0 aliphatic carbocycles. The largest absolute Gasteiger partial charge is 0.480 e. The molecule has 70 valence electrons. The number of aliphatic carboxylic acids is 1. The first kappa shape index (κ1) is 10.9. The van der Waals surface area contributed by atoms with Gasteiger partial charge >= 0.3 is 5.97 Å². The van der Waals surface area contributed by atoms with Crippen molar-refractivity contribution in [1.82, 2.24) is 5.32 Å². The number of carbonyl (C=O) groups excluding carboxylic acids is 1. The van der Waals surface area contributed by atoms with Crippen molar-refractivity contribution in [2.24, 2.45) is 0 Å². The lowest BCUT2D eigenvalue weighted by Gasteiger charge is -2.18. The van der Waals surface area contributed by atoms with Gasteiger partial charge in [-0.15, -0.1) is 0 Å². The number of carboxylic acid groups (broad SMARTS) is 1. The summed E-state index contributed by atoms with van der Waals surface area (Å²) in [7, 11) is 0. The van der Waals surface area contributed by atoms with E-state index in [0.717, 1.165) is 0 Å². The minimum absolute atomic E-state index is 0.154. The molecular formula is C8H15NO3. The van der Waals surface area contributed by atoms with Crippen molar-refractivity contribution in [3.05, 3.63) is 0 Å². The van der Waals surface area contributed by atoms with Crippen LogP contribution in [0.15, 0.2) is 0 Å². The lowest BCUT2D eigenvalue weighted by molar-refractivity contribution is -0.143. The summed E-state index contributed by atoms with van der Waals surface area (Å²) in [6.45, 7) is 4.00. The number of nitrogens with one attached hydrogen (secondary N) is 1. The molecule has 2 N–H and O–H groups in total. The van der Waals surface area contributed by atoms with Crippen LogP contribution in [0.2, 0.25) is 0 Å². The molecule has 0 radical (unpaired) electrons. The average Bonchev–Trinajstić information content (AvgIpc) is 2.08. The molecule has 0 saturated carbocycles. The zero-order valence-corrected chi connectivity index (χ0v) is 7.46. The SMILES string of the molecule is CC.O=C1CCCC(C(=O)O)N1. The zero-order valence-electron chi connectivity index (χ0n) is 7.46. The fraction of sp³-hybridized carbons (Fsp3) is 0.750. The summed E-state index contributed by atoms with van der Waals surface area (Å²) in [5.41, 5.74) is 0. The zero-order chi connectivity index (χ0) is 9.56. The number of piperidine rings is 1. The van der Waals surface area contributed by atoms with Crippen LogP contribution >= 0.6 is 0 Å². The second kappa shape index (κ2) is 5.57. The van der Waals surface area contributed by atoms with E-state index in [9.17, 15) is 9.59 Å². The molecule has 0 aromatic heterocycles. The lowest BCUT2D eigenvalue weighted by Crippen LogP contribution is -2.43. The number of hydrogen-bond acceptors (Lipinski definition) is 2. The smallest absolute Gasteiger partial charge is 0.326 e. The maximum atomic E-state index is 10.6. The fourth-order valence-corrected chi connectivity index (χ4v) is 0.991. The van der Waals surface area contributed by atoms with Crippen molar-refractivity contribution in [2.45, 2.75) is 39.2 Å². The van der Waals surface area contributed by atoms with Crippen LogP contribution in [0.5, 0.6) is 0 Å². The van der Waals surface area contributed by atoms with Crippen molar-refractivity contribution in [3.63, 3.8) is 0 Å². The van der Waals surface area contributed by atoms with Crippen LogP contribution in [0.25, 0.3) is 0 Å². The first-order valence-corrected chi connectivity index (χ1v) is 4.22. The highest BCUT2D eigenvalue weighted by atomic mass is 16.4. The van der Waals surface area contributed by atoms with Gasteiger partial charge in [-0.25, -0.2) is 4.79 Å². The number of hydrogen-bond donors (Lipinski definition) is 2. The van der Waals surface area contributed by atoms with Crippen LogP contribution in [-0.2, 0) is 9.59 Å². The predicted octanol–water partition coefficient (Wildman–Crippen LogP) is 0.766. The molecule has 1 rings (SSSR count). The quantitative estimate of drug-likeness (QED) is 0.615. The third-order valence-electron chi connectivity index (χ3n) is 1.53. The van der Waals surface area contributed by atoms with Gasteiger partial charge in [0.2, 0.25) is 5.91 Å². The summed E-state index contributed by atoms with van der Waals surface area (Å²) in [6.07, 6.45) is 1.70. The Morgan fingerprint density at radius 3 is 2.50 bits per heavy atom. The Morgan fingerprint density at radius 2 is 2.17 bits per heavy atom. The van der Waals surface area contributed by atoms with Crippen molar-refractivity contribution < 1.29 is 14.7 Å². The topological polar surface area (TPSA) is 66.4 Å². The molecule has 1 fully saturated rings. The third-order valence-corrected chi connectivity index (χ3v) is 1.53. The molecule has 0 bridgehead atoms. The van der Waals surface area contributed by atoms with Crippen LogP contribution in [0, 0.1) is 0 Å². The molecule has 1 heterocycles. The van der Waals surface area contributed by atoms with Crippen molar-refractivity contribution in [2.75, 3.05) is 0 Å². The van der Waals surface area contributed by atoms with Crippen molar-refractivity contribution in [1.29, 1.82) is 0 Å². The lowest BCUT2D eigenvalue weighted by atomic mass is 10.1. The third kappa shape index (κ3) is 3.37. The standard InChI is InChI=1S/C6H9NO3.C2H6/c8-5-3-1-2-4(7-5)6(9)10;1-2/h4H,1-3H2,(H,7,8)(H,9,10);1-2H3. The number of rotatable bonds is 1. The Morgan fingerprint density at radius 1 is 1.58 bits per heavy atom. The fourth-order valence-electron chi connectivity index (χ4n) is 0.991. The van der Waals surface area contributed by atoms with Crippen molar-refractivity contribution >= 4 is 11.9 Å². The summed E-state index contributed by atoms with van der Waals surface area (Å²) >= 11 is 0. The van der Waals surface area contributed by atoms with Gasteiger partial charge in [0.05, 0.1) is 0 Å². The minimum Gasteiger partial charge on any atom is -0.480 e. The maximum absolute atomic E-state index is 10.6. The predicted molar refractivity (Wildman–Crippen MR) is 44.8 cm³/mol. The van der Waals surface area contributed by atoms with Gasteiger partial charge in [-0.1, -0.05) is 13.8 Å². The number of amides is 1. The highest BCUT2D eigenvalue weighted by molar-refractivity contribution is 5.84. The van der Waals surface area contributed by atoms with Crippen LogP contribution in [0.1, 0.15) is 33.1 Å². The van der Waals surface area contributed by atoms with Gasteiger partial charge in [0.25, 0.3) is 0 Å². The Hall–Kier alpha value is -1.06. The molecule has 0 spiro atoms. The molecule has 1 saturated heterocycles. The van der Waals surface area contributed by atoms with E-state index in [1.165, 1.54) is 0 Å². The number of carboxylic acids is 1. The highest BCUT2D eigenvalue weighted by Crippen LogP contribution is 2.07. The minimum atomic E-state index is -0.937. The molecule has 0 aromatic carbocycles. The van der Waals surface area contributed by atoms with Gasteiger partial charge in [0, 0.05) is 6.42 Å². The summed E-state index contributed by atoms with van der Waals surface area (Å²) in [4.78, 5) is 20.9. The van der Waals surface area contributed by atoms with Gasteiger partial charge in [0.15, 0.2) is 0 Å². The van der Waals surface area contributed by atoms with Crippen molar-refractivity contribution in [3.8, 4) is 0 Å². The summed E-state index contributed by atoms with van der Waals surface area (Å²) in [6, 6.07) is -0.652. The van der Waals surface area contributed by atoms with Gasteiger partial charge in [0.1, 0.15) is 6.04 Å². The Kier molecular flexibility index (Phi) is 5.08. The molecule has 1 aliphatic heterocycles. The van der Waals surface area contributed by atoms with E-state index in [4.69, 9.17) is 5.11 Å². The second-order valence-electron chi connectivity index (χ2n) is 2.35. The van der Waals surface area contributed by atoms with E-state index < -0.39 is 12.0 Å². The van der Waals surface area contributed by atoms with E-state index in [2.05, 4.69) is 5.32 Å². The van der Waals surface area contributed by atoms with Crippen LogP contribution in [-0.4, -0.2) is 23.0 Å². The molecule has 1 unspecified atom stereocenters. The van der Waals surface area contributed by atoms with Gasteiger partial charge in [-0.3, -0.25) is 4.79 Å². The van der Waals surface area contributed by atoms with Gasteiger partial charge in [-0.05, 0) is 12.8 Å². The van der Waals surface area contributed by atoms with Gasteiger partial charge < -0.3 is 10.4 Å². The molecule has 0 aromatic rings. The highest BCUT2D eigenvalue weighted by Gasteiger charge is 2.23.